The van der Waals surface area contributed by atoms with Gasteiger partial charge in [0.15, 0.2) is 0 Å². The van der Waals surface area contributed by atoms with Crippen LogP contribution < -0.4 is 0 Å². The zero-order valence-electron chi connectivity index (χ0n) is 13.6. The normalized spacial score (nSPS) is 19.0. The van der Waals surface area contributed by atoms with Gasteiger partial charge in [-0.2, -0.15) is 0 Å². The number of carboxylic acid groups (broad SMARTS) is 1. The molecule has 23 heavy (non-hydrogen) atoms. The molecule has 1 aliphatic rings. The number of rotatable bonds is 4. The van der Waals surface area contributed by atoms with E-state index in [1.807, 2.05) is 12.1 Å². The number of nitrogens with zero attached hydrogens (tertiary/aromatic N) is 2. The van der Waals surface area contributed by atoms with E-state index in [0.717, 1.165) is 17.1 Å². The van der Waals surface area contributed by atoms with E-state index < -0.39 is 5.97 Å². The Kier molecular flexibility index (Phi) is 4.78. The largest absolute Gasteiger partial charge is 0.477 e. The first-order chi connectivity index (χ1) is 11.0. The first-order valence-electron chi connectivity index (χ1n) is 8.08. The van der Waals surface area contributed by atoms with E-state index in [2.05, 4.69) is 28.9 Å². The number of thiazole rings is 1. The fourth-order valence-corrected chi connectivity index (χ4v) is 4.01. The molecule has 1 aromatic carbocycles. The fourth-order valence-electron chi connectivity index (χ4n) is 3.10. The summed E-state index contributed by atoms with van der Waals surface area (Å²) < 4.78 is 0. The summed E-state index contributed by atoms with van der Waals surface area (Å²) >= 11 is 1.24. The Morgan fingerprint density at radius 3 is 2.70 bits per heavy atom. The second-order valence-corrected chi connectivity index (χ2v) is 7.25. The molecule has 0 radical (unpaired) electrons. The van der Waals surface area contributed by atoms with Gasteiger partial charge in [0, 0.05) is 18.2 Å². The minimum Gasteiger partial charge on any atom is -0.477 e. The molecule has 1 N–H and O–H groups in total. The quantitative estimate of drug-likeness (QED) is 0.913. The minimum absolute atomic E-state index is 0.325. The SMILES string of the molecule is Cc1nc(-c2ccc(CN3CCCCC3C)cc2)sc1C(=O)O. The topological polar surface area (TPSA) is 53.4 Å². The fraction of sp³-hybridized carbons (Fsp3) is 0.444. The van der Waals surface area contributed by atoms with Crippen LogP contribution in [0.4, 0.5) is 0 Å². The number of hydrogen-bond donors (Lipinski definition) is 1. The molecule has 1 aromatic heterocycles. The Morgan fingerprint density at radius 2 is 2.09 bits per heavy atom. The molecule has 5 heteroatoms. The molecule has 2 heterocycles. The standard InChI is InChI=1S/C18H22N2O2S/c1-12-5-3-4-10-20(12)11-14-6-8-15(9-7-14)17-19-13(2)16(23-17)18(21)22/h6-9,12H,3-5,10-11H2,1-2H3,(H,21,22). The Balaban J connectivity index is 1.74. The van der Waals surface area contributed by atoms with Crippen molar-refractivity contribution in [2.24, 2.45) is 0 Å². The highest BCUT2D eigenvalue weighted by Crippen LogP contribution is 2.28. The number of carbonyl (C=O) groups is 1. The molecule has 4 nitrogen and oxygen atoms in total. The Morgan fingerprint density at radius 1 is 1.35 bits per heavy atom. The Labute approximate surface area is 140 Å². The van der Waals surface area contributed by atoms with Crippen LogP contribution in [0.1, 0.15) is 47.1 Å². The number of aromatic nitrogens is 1. The first kappa shape index (κ1) is 16.1. The molecular weight excluding hydrogens is 308 g/mol. The lowest BCUT2D eigenvalue weighted by atomic mass is 10.0. The number of aromatic carboxylic acids is 1. The molecule has 3 rings (SSSR count). The van der Waals surface area contributed by atoms with Crippen molar-refractivity contribution >= 4 is 17.3 Å². The van der Waals surface area contributed by atoms with E-state index in [1.165, 1.54) is 42.7 Å². The van der Waals surface area contributed by atoms with E-state index in [-0.39, 0.29) is 0 Å². The average Bonchev–Trinajstić information content (AvgIpc) is 2.92. The number of likely N-dealkylation sites (tertiary alicyclic amines) is 1. The van der Waals surface area contributed by atoms with Crippen LogP contribution in [0.3, 0.4) is 0 Å². The second-order valence-electron chi connectivity index (χ2n) is 6.25. The lowest BCUT2D eigenvalue weighted by molar-refractivity contribution is 0.0701. The number of aryl methyl sites for hydroxylation is 1. The van der Waals surface area contributed by atoms with Gasteiger partial charge < -0.3 is 5.11 Å². The summed E-state index contributed by atoms with van der Waals surface area (Å²) in [5.41, 5.74) is 2.87. The van der Waals surface area contributed by atoms with Crippen molar-refractivity contribution in [3.8, 4) is 10.6 Å². The molecule has 0 spiro atoms. The van der Waals surface area contributed by atoms with Crippen LogP contribution >= 0.6 is 11.3 Å². The zero-order chi connectivity index (χ0) is 16.4. The number of benzene rings is 1. The van der Waals surface area contributed by atoms with Gasteiger partial charge in [0.05, 0.1) is 5.69 Å². The molecule has 0 bridgehead atoms. The van der Waals surface area contributed by atoms with E-state index in [1.54, 1.807) is 6.92 Å². The van der Waals surface area contributed by atoms with Gasteiger partial charge >= 0.3 is 5.97 Å². The van der Waals surface area contributed by atoms with Gasteiger partial charge in [0.1, 0.15) is 9.88 Å². The molecule has 1 aliphatic heterocycles. The summed E-state index contributed by atoms with van der Waals surface area (Å²) in [5, 5.41) is 9.92. The summed E-state index contributed by atoms with van der Waals surface area (Å²) in [6, 6.07) is 9.02. The van der Waals surface area contributed by atoms with E-state index >= 15 is 0 Å². The number of piperidine rings is 1. The predicted octanol–water partition coefficient (Wildman–Crippen LogP) is 4.19. The van der Waals surface area contributed by atoms with Crippen LogP contribution in [0, 0.1) is 6.92 Å². The van der Waals surface area contributed by atoms with Gasteiger partial charge in [0.2, 0.25) is 0 Å². The van der Waals surface area contributed by atoms with E-state index in [0.29, 0.717) is 16.6 Å². The minimum atomic E-state index is -0.901. The van der Waals surface area contributed by atoms with Gasteiger partial charge in [-0.05, 0) is 38.8 Å². The molecule has 1 atom stereocenters. The van der Waals surface area contributed by atoms with Crippen molar-refractivity contribution in [3.05, 3.63) is 40.4 Å². The Bertz CT molecular complexity index is 694. The smallest absolute Gasteiger partial charge is 0.347 e. The maximum atomic E-state index is 11.1. The van der Waals surface area contributed by atoms with Gasteiger partial charge in [-0.3, -0.25) is 4.90 Å². The molecule has 0 aliphatic carbocycles. The van der Waals surface area contributed by atoms with Crippen molar-refractivity contribution < 1.29 is 9.90 Å². The molecule has 122 valence electrons. The van der Waals surface area contributed by atoms with Gasteiger partial charge in [-0.1, -0.05) is 30.7 Å². The van der Waals surface area contributed by atoms with Crippen LogP contribution in [0.2, 0.25) is 0 Å². The van der Waals surface area contributed by atoms with Gasteiger partial charge in [-0.25, -0.2) is 9.78 Å². The van der Waals surface area contributed by atoms with Gasteiger partial charge in [0.25, 0.3) is 0 Å². The van der Waals surface area contributed by atoms with Gasteiger partial charge in [-0.15, -0.1) is 11.3 Å². The molecule has 1 unspecified atom stereocenters. The molecule has 1 saturated heterocycles. The second kappa shape index (κ2) is 6.81. The van der Waals surface area contributed by atoms with Crippen LogP contribution in [0.5, 0.6) is 0 Å². The third kappa shape index (κ3) is 3.62. The van der Waals surface area contributed by atoms with Crippen molar-refractivity contribution in [2.75, 3.05) is 6.54 Å². The van der Waals surface area contributed by atoms with Crippen molar-refractivity contribution in [1.29, 1.82) is 0 Å². The van der Waals surface area contributed by atoms with Crippen LogP contribution in [0.25, 0.3) is 10.6 Å². The molecule has 0 saturated carbocycles. The highest BCUT2D eigenvalue weighted by atomic mass is 32.1. The average molecular weight is 330 g/mol. The lowest BCUT2D eigenvalue weighted by Crippen LogP contribution is -2.36. The summed E-state index contributed by atoms with van der Waals surface area (Å²) in [5.74, 6) is -0.901. The van der Waals surface area contributed by atoms with Crippen molar-refractivity contribution in [2.45, 2.75) is 45.7 Å². The monoisotopic (exact) mass is 330 g/mol. The molecular formula is C18H22N2O2S. The van der Waals surface area contributed by atoms with Crippen molar-refractivity contribution in [3.63, 3.8) is 0 Å². The molecule has 2 aromatic rings. The summed E-state index contributed by atoms with van der Waals surface area (Å²) in [6.45, 7) is 6.21. The molecule has 0 amide bonds. The summed E-state index contributed by atoms with van der Waals surface area (Å²) in [4.78, 5) is 18.4. The number of carboxylic acids is 1. The third-order valence-electron chi connectivity index (χ3n) is 4.52. The lowest BCUT2D eigenvalue weighted by Gasteiger charge is -2.33. The van der Waals surface area contributed by atoms with E-state index in [4.69, 9.17) is 5.11 Å². The number of hydrogen-bond acceptors (Lipinski definition) is 4. The Hall–Kier alpha value is -1.72. The maximum Gasteiger partial charge on any atom is 0.347 e. The first-order valence-corrected chi connectivity index (χ1v) is 8.90. The van der Waals surface area contributed by atoms with Crippen LogP contribution in [0.15, 0.2) is 24.3 Å². The summed E-state index contributed by atoms with van der Waals surface area (Å²) in [7, 11) is 0. The zero-order valence-corrected chi connectivity index (χ0v) is 14.4. The predicted molar refractivity (Wildman–Crippen MR) is 93.0 cm³/mol. The summed E-state index contributed by atoms with van der Waals surface area (Å²) in [6.07, 6.45) is 3.92. The maximum absolute atomic E-state index is 11.1. The highest BCUT2D eigenvalue weighted by Gasteiger charge is 2.18. The van der Waals surface area contributed by atoms with Crippen molar-refractivity contribution in [1.82, 2.24) is 9.88 Å². The third-order valence-corrected chi connectivity index (χ3v) is 5.71. The molecule has 1 fully saturated rings. The highest BCUT2D eigenvalue weighted by molar-refractivity contribution is 7.17. The van der Waals surface area contributed by atoms with Crippen LogP contribution in [-0.4, -0.2) is 33.5 Å². The van der Waals surface area contributed by atoms with Crippen LogP contribution in [-0.2, 0) is 6.54 Å². The van der Waals surface area contributed by atoms with E-state index in [9.17, 15) is 4.79 Å².